The van der Waals surface area contributed by atoms with E-state index in [9.17, 15) is 18.8 Å². The summed E-state index contributed by atoms with van der Waals surface area (Å²) in [6, 6.07) is 11.1. The van der Waals surface area contributed by atoms with Crippen molar-refractivity contribution < 1.29 is 18.8 Å². The first kappa shape index (κ1) is 23.5. The fourth-order valence-corrected chi connectivity index (χ4v) is 4.37. The maximum absolute atomic E-state index is 13.0. The predicted molar refractivity (Wildman–Crippen MR) is 127 cm³/mol. The molecule has 34 heavy (non-hydrogen) atoms. The third-order valence-electron chi connectivity index (χ3n) is 5.83. The van der Waals surface area contributed by atoms with E-state index in [0.717, 1.165) is 28.2 Å². The van der Waals surface area contributed by atoms with Crippen molar-refractivity contribution in [3.63, 3.8) is 0 Å². The van der Waals surface area contributed by atoms with Gasteiger partial charge in [0.15, 0.2) is 0 Å². The van der Waals surface area contributed by atoms with Gasteiger partial charge in [0.25, 0.3) is 11.8 Å². The minimum atomic E-state index is -0.523. The summed E-state index contributed by atoms with van der Waals surface area (Å²) >= 11 is 0.898. The van der Waals surface area contributed by atoms with E-state index in [0.29, 0.717) is 31.6 Å². The summed E-state index contributed by atoms with van der Waals surface area (Å²) in [4.78, 5) is 39.5. The van der Waals surface area contributed by atoms with Crippen LogP contribution >= 0.6 is 11.3 Å². The highest BCUT2D eigenvalue weighted by atomic mass is 32.1. The van der Waals surface area contributed by atoms with E-state index in [1.54, 1.807) is 4.90 Å². The van der Waals surface area contributed by atoms with Gasteiger partial charge in [-0.1, -0.05) is 17.4 Å². The molecule has 3 amide bonds. The highest BCUT2D eigenvalue weighted by Crippen LogP contribution is 2.23. The summed E-state index contributed by atoms with van der Waals surface area (Å²) in [6.45, 7) is 4.86. The maximum Gasteiger partial charge on any atom is 0.286 e. The van der Waals surface area contributed by atoms with E-state index < -0.39 is 11.7 Å². The van der Waals surface area contributed by atoms with Crippen molar-refractivity contribution in [3.8, 4) is 0 Å². The number of amides is 3. The summed E-state index contributed by atoms with van der Waals surface area (Å²) in [5.74, 6) is -1.48. The molecular weight excluding hydrogens is 457 g/mol. The minimum Gasteiger partial charge on any atom is -0.336 e. The topological polar surface area (TPSA) is 104 Å². The third kappa shape index (κ3) is 5.45. The lowest BCUT2D eigenvalue weighted by Crippen LogP contribution is -2.41. The molecule has 2 heterocycles. The smallest absolute Gasteiger partial charge is 0.286 e. The number of rotatable bonds is 5. The first-order chi connectivity index (χ1) is 16.3. The quantitative estimate of drug-likeness (QED) is 0.572. The monoisotopic (exact) mass is 481 g/mol. The first-order valence-corrected chi connectivity index (χ1v) is 11.7. The van der Waals surface area contributed by atoms with Gasteiger partial charge in [0, 0.05) is 30.4 Å². The van der Waals surface area contributed by atoms with Crippen LogP contribution in [-0.4, -0.2) is 45.9 Å². The molecule has 0 bridgehead atoms. The van der Waals surface area contributed by atoms with Gasteiger partial charge in [0.2, 0.25) is 15.9 Å². The normalized spacial score (nSPS) is 14.0. The first-order valence-electron chi connectivity index (χ1n) is 10.9. The summed E-state index contributed by atoms with van der Waals surface area (Å²) in [7, 11) is 0. The van der Waals surface area contributed by atoms with Gasteiger partial charge in [-0.2, -0.15) is 0 Å². The van der Waals surface area contributed by atoms with E-state index >= 15 is 0 Å². The second-order valence-electron chi connectivity index (χ2n) is 8.23. The molecule has 1 aromatic heterocycles. The van der Waals surface area contributed by atoms with Crippen molar-refractivity contribution in [2.75, 3.05) is 23.7 Å². The Morgan fingerprint density at radius 3 is 2.24 bits per heavy atom. The fraction of sp³-hybridized carbons (Fsp3) is 0.292. The number of hydrogen-bond acceptors (Lipinski definition) is 6. The van der Waals surface area contributed by atoms with Crippen molar-refractivity contribution in [2.45, 2.75) is 26.7 Å². The summed E-state index contributed by atoms with van der Waals surface area (Å²) in [5.41, 5.74) is 3.46. The van der Waals surface area contributed by atoms with Crippen molar-refractivity contribution in [3.05, 3.63) is 69.4 Å². The molecule has 176 valence electrons. The molecular formula is C24H24FN5O3S. The zero-order chi connectivity index (χ0) is 24.2. The van der Waals surface area contributed by atoms with Crippen LogP contribution in [0.1, 0.15) is 43.6 Å². The van der Waals surface area contributed by atoms with Crippen molar-refractivity contribution in [2.24, 2.45) is 5.92 Å². The lowest BCUT2D eigenvalue weighted by atomic mass is 9.95. The SMILES string of the molecule is Cc1ccc(NC(=O)C2CCN(C(=O)c3nnc(C(=O)Nc4ccc(F)cc4)s3)CC2)cc1C. The molecule has 4 rings (SSSR count). The van der Waals surface area contributed by atoms with Crippen LogP contribution in [0.2, 0.25) is 0 Å². The molecule has 1 fully saturated rings. The average molecular weight is 482 g/mol. The van der Waals surface area contributed by atoms with Crippen molar-refractivity contribution in [1.29, 1.82) is 0 Å². The number of piperidine rings is 1. The molecule has 1 saturated heterocycles. The van der Waals surface area contributed by atoms with Crippen LogP contribution in [0.5, 0.6) is 0 Å². The van der Waals surface area contributed by atoms with Crippen LogP contribution in [0.4, 0.5) is 15.8 Å². The Kier molecular flexibility index (Phi) is 6.97. The van der Waals surface area contributed by atoms with Crippen molar-refractivity contribution >= 4 is 40.4 Å². The highest BCUT2D eigenvalue weighted by molar-refractivity contribution is 7.15. The van der Waals surface area contributed by atoms with Gasteiger partial charge >= 0.3 is 0 Å². The van der Waals surface area contributed by atoms with Crippen molar-refractivity contribution in [1.82, 2.24) is 15.1 Å². The second kappa shape index (κ2) is 10.1. The van der Waals surface area contributed by atoms with Crippen LogP contribution in [0.3, 0.4) is 0 Å². The number of aromatic nitrogens is 2. The number of likely N-dealkylation sites (tertiary alicyclic amines) is 1. The van der Waals surface area contributed by atoms with E-state index in [-0.39, 0.29) is 27.7 Å². The number of nitrogens with zero attached hydrogens (tertiary/aromatic N) is 3. The van der Waals surface area contributed by atoms with Gasteiger partial charge in [-0.3, -0.25) is 14.4 Å². The summed E-state index contributed by atoms with van der Waals surface area (Å²) < 4.78 is 13.0. The lowest BCUT2D eigenvalue weighted by molar-refractivity contribution is -0.121. The Morgan fingerprint density at radius 1 is 0.912 bits per heavy atom. The molecule has 0 radical (unpaired) electrons. The van der Waals surface area contributed by atoms with Crippen LogP contribution in [-0.2, 0) is 4.79 Å². The van der Waals surface area contributed by atoms with Crippen LogP contribution in [0, 0.1) is 25.6 Å². The number of hydrogen-bond donors (Lipinski definition) is 2. The number of nitrogens with one attached hydrogen (secondary N) is 2. The van der Waals surface area contributed by atoms with E-state index in [4.69, 9.17) is 0 Å². The molecule has 10 heteroatoms. The van der Waals surface area contributed by atoms with E-state index in [2.05, 4.69) is 20.8 Å². The van der Waals surface area contributed by atoms with Gasteiger partial charge < -0.3 is 15.5 Å². The van der Waals surface area contributed by atoms with E-state index in [1.165, 1.54) is 24.3 Å². The molecule has 2 N–H and O–H groups in total. The number of aryl methyl sites for hydroxylation is 2. The molecule has 2 aromatic carbocycles. The maximum atomic E-state index is 13.0. The van der Waals surface area contributed by atoms with Crippen LogP contribution in [0.25, 0.3) is 0 Å². The van der Waals surface area contributed by atoms with Gasteiger partial charge in [-0.15, -0.1) is 10.2 Å². The Bertz CT molecular complexity index is 1220. The molecule has 1 aliphatic rings. The number of carbonyl (C=O) groups excluding carboxylic acids is 3. The van der Waals surface area contributed by atoms with Crippen LogP contribution < -0.4 is 10.6 Å². The summed E-state index contributed by atoms with van der Waals surface area (Å²) in [6.07, 6.45) is 1.08. The van der Waals surface area contributed by atoms with Crippen LogP contribution in [0.15, 0.2) is 42.5 Å². The number of anilines is 2. The lowest BCUT2D eigenvalue weighted by Gasteiger charge is -2.30. The minimum absolute atomic E-state index is 0.0373. The summed E-state index contributed by atoms with van der Waals surface area (Å²) in [5, 5.41) is 13.4. The zero-order valence-electron chi connectivity index (χ0n) is 18.8. The Labute approximate surface area is 200 Å². The van der Waals surface area contributed by atoms with Gasteiger partial charge in [0.05, 0.1) is 0 Å². The molecule has 0 saturated carbocycles. The largest absolute Gasteiger partial charge is 0.336 e. The number of benzene rings is 2. The highest BCUT2D eigenvalue weighted by Gasteiger charge is 2.30. The Hall–Kier alpha value is -3.66. The number of carbonyl (C=O) groups is 3. The zero-order valence-corrected chi connectivity index (χ0v) is 19.6. The molecule has 0 spiro atoms. The second-order valence-corrected chi connectivity index (χ2v) is 9.21. The molecule has 1 aliphatic heterocycles. The van der Waals surface area contributed by atoms with E-state index in [1.807, 2.05) is 32.0 Å². The predicted octanol–water partition coefficient (Wildman–Crippen LogP) is 4.04. The standard InChI is InChI=1S/C24H24FN5O3S/c1-14-3-6-19(13-15(14)2)27-20(31)16-9-11-30(12-10-16)24(33)23-29-28-22(34-23)21(32)26-18-7-4-17(25)5-8-18/h3-8,13,16H,9-12H2,1-2H3,(H,26,32)(H,27,31). The average Bonchev–Trinajstić information content (AvgIpc) is 3.33. The molecule has 0 unspecified atom stereocenters. The van der Waals surface area contributed by atoms with Gasteiger partial charge in [0.1, 0.15) is 5.82 Å². The third-order valence-corrected chi connectivity index (χ3v) is 6.74. The number of halogens is 1. The molecule has 0 aliphatic carbocycles. The Balaban J connectivity index is 1.30. The molecule has 3 aromatic rings. The molecule has 0 atom stereocenters. The fourth-order valence-electron chi connectivity index (χ4n) is 3.66. The Morgan fingerprint density at radius 2 is 1.56 bits per heavy atom. The molecule has 8 nitrogen and oxygen atoms in total. The van der Waals surface area contributed by atoms with Gasteiger partial charge in [-0.25, -0.2) is 4.39 Å². The van der Waals surface area contributed by atoms with Gasteiger partial charge in [-0.05, 0) is 74.2 Å².